The third kappa shape index (κ3) is 5.70. The van der Waals surface area contributed by atoms with E-state index in [0.29, 0.717) is 43.9 Å². The van der Waals surface area contributed by atoms with Crippen molar-refractivity contribution >= 4 is 29.2 Å². The third-order valence-electron chi connectivity index (χ3n) is 6.25. The summed E-state index contributed by atoms with van der Waals surface area (Å²) in [6.45, 7) is 0. The normalized spacial score (nSPS) is 11.5. The van der Waals surface area contributed by atoms with E-state index in [-0.39, 0.29) is 12.0 Å². The first-order valence-corrected chi connectivity index (χ1v) is 12.5. The van der Waals surface area contributed by atoms with Crippen LogP contribution in [0.25, 0.3) is 28.1 Å². The van der Waals surface area contributed by atoms with Crippen LogP contribution in [-0.2, 0) is 12.6 Å². The van der Waals surface area contributed by atoms with Gasteiger partial charge in [0.1, 0.15) is 5.82 Å². The predicted octanol–water partition coefficient (Wildman–Crippen LogP) is 8.82. The first-order chi connectivity index (χ1) is 18.6. The fraction of sp³-hybridized carbons (Fsp3) is 0.0667. The maximum Gasteiger partial charge on any atom is 0.416 e. The third-order valence-corrected chi connectivity index (χ3v) is 6.79. The van der Waals surface area contributed by atoms with Crippen molar-refractivity contribution in [2.45, 2.75) is 12.6 Å². The monoisotopic (exact) mass is 566 g/mol. The molecule has 0 unspecified atom stereocenters. The van der Waals surface area contributed by atoms with Gasteiger partial charge in [-0.15, -0.1) is 0 Å². The largest absolute Gasteiger partial charge is 0.478 e. The molecule has 0 radical (unpaired) electrons. The Kier molecular flexibility index (Phi) is 7.21. The van der Waals surface area contributed by atoms with Crippen LogP contribution in [-0.4, -0.2) is 20.6 Å². The van der Waals surface area contributed by atoms with E-state index in [1.54, 1.807) is 54.7 Å². The van der Waals surface area contributed by atoms with Gasteiger partial charge in [0.2, 0.25) is 0 Å². The summed E-state index contributed by atoms with van der Waals surface area (Å²) < 4.78 is 42.0. The molecule has 4 aromatic carbocycles. The highest BCUT2D eigenvalue weighted by atomic mass is 35.5. The molecule has 196 valence electrons. The van der Waals surface area contributed by atoms with E-state index >= 15 is 0 Å². The topological polar surface area (TPSA) is 55.1 Å². The summed E-state index contributed by atoms with van der Waals surface area (Å²) in [6, 6.07) is 23.8. The molecule has 0 saturated carbocycles. The molecule has 39 heavy (non-hydrogen) atoms. The average molecular weight is 567 g/mol. The van der Waals surface area contributed by atoms with Gasteiger partial charge in [0, 0.05) is 28.9 Å². The fourth-order valence-electron chi connectivity index (χ4n) is 4.35. The molecule has 9 heteroatoms. The number of carboxylic acid groups (broad SMARTS) is 1. The molecule has 0 aliphatic carbocycles. The molecule has 0 fully saturated rings. The second-order valence-electron chi connectivity index (χ2n) is 8.80. The van der Waals surface area contributed by atoms with Gasteiger partial charge < -0.3 is 9.67 Å². The standard InChI is InChI=1S/C30H19Cl2F3N2O2/c31-22-10-13-25(26(32)16-22)27-17-37(23-11-8-18(9-12-23)29(38)39)28(36-27)15-20-4-1-2-7-24(20)19-5-3-6-21(14-19)30(33,34)35/h1-14,16-17H,15H2,(H,38,39). The van der Waals surface area contributed by atoms with Crippen molar-refractivity contribution in [3.05, 3.63) is 130 Å². The van der Waals surface area contributed by atoms with Crippen molar-refractivity contribution in [2.24, 2.45) is 0 Å². The van der Waals surface area contributed by atoms with Crippen molar-refractivity contribution in [1.29, 1.82) is 0 Å². The maximum absolute atomic E-state index is 13.4. The van der Waals surface area contributed by atoms with E-state index in [4.69, 9.17) is 28.2 Å². The van der Waals surface area contributed by atoms with Gasteiger partial charge in [-0.2, -0.15) is 13.2 Å². The van der Waals surface area contributed by atoms with Crippen molar-refractivity contribution in [1.82, 2.24) is 9.55 Å². The van der Waals surface area contributed by atoms with Crippen molar-refractivity contribution in [2.75, 3.05) is 0 Å². The van der Waals surface area contributed by atoms with Crippen LogP contribution in [0.4, 0.5) is 13.2 Å². The number of aromatic carboxylic acids is 1. The minimum absolute atomic E-state index is 0.135. The number of rotatable bonds is 6. The van der Waals surface area contributed by atoms with Gasteiger partial charge in [-0.05, 0) is 71.3 Å². The molecule has 0 saturated heterocycles. The number of carbonyl (C=O) groups is 1. The number of hydrogen-bond donors (Lipinski definition) is 1. The number of hydrogen-bond acceptors (Lipinski definition) is 2. The highest BCUT2D eigenvalue weighted by Gasteiger charge is 2.30. The van der Waals surface area contributed by atoms with Crippen LogP contribution in [0.5, 0.6) is 0 Å². The molecule has 0 atom stereocenters. The Labute approximate surface area is 231 Å². The van der Waals surface area contributed by atoms with Gasteiger partial charge in [-0.1, -0.05) is 59.6 Å². The maximum atomic E-state index is 13.4. The summed E-state index contributed by atoms with van der Waals surface area (Å²) in [5.41, 5.74) is 3.12. The molecule has 1 N–H and O–H groups in total. The first kappa shape index (κ1) is 26.5. The lowest BCUT2D eigenvalue weighted by Crippen LogP contribution is -2.05. The van der Waals surface area contributed by atoms with Gasteiger partial charge in [-0.3, -0.25) is 0 Å². The minimum atomic E-state index is -4.46. The van der Waals surface area contributed by atoms with Crippen LogP contribution in [0.15, 0.2) is 97.2 Å². The molecule has 0 bridgehead atoms. The molecule has 1 aromatic heterocycles. The molecular formula is C30H19Cl2F3N2O2. The van der Waals surface area contributed by atoms with E-state index < -0.39 is 17.7 Å². The average Bonchev–Trinajstić information content (AvgIpc) is 3.32. The quantitative estimate of drug-likeness (QED) is 0.223. The fourth-order valence-corrected chi connectivity index (χ4v) is 4.85. The summed E-state index contributed by atoms with van der Waals surface area (Å²) in [5.74, 6) is -0.463. The second-order valence-corrected chi connectivity index (χ2v) is 9.64. The molecule has 0 aliphatic heterocycles. The number of alkyl halides is 3. The van der Waals surface area contributed by atoms with E-state index in [0.717, 1.165) is 17.7 Å². The lowest BCUT2D eigenvalue weighted by atomic mass is 9.96. The van der Waals surface area contributed by atoms with E-state index in [1.807, 2.05) is 16.7 Å². The van der Waals surface area contributed by atoms with Gasteiger partial charge in [0.15, 0.2) is 0 Å². The second kappa shape index (κ2) is 10.6. The number of halogens is 5. The first-order valence-electron chi connectivity index (χ1n) is 11.7. The van der Waals surface area contributed by atoms with Crippen LogP contribution in [0.1, 0.15) is 27.3 Å². The highest BCUT2D eigenvalue weighted by Crippen LogP contribution is 2.35. The lowest BCUT2D eigenvalue weighted by Gasteiger charge is -2.13. The Morgan fingerprint density at radius 2 is 1.62 bits per heavy atom. The zero-order valence-corrected chi connectivity index (χ0v) is 21.6. The van der Waals surface area contributed by atoms with E-state index in [9.17, 15) is 23.1 Å². The summed E-state index contributed by atoms with van der Waals surface area (Å²) in [7, 11) is 0. The Bertz CT molecular complexity index is 1680. The molecule has 0 aliphatic rings. The number of aromatic nitrogens is 2. The van der Waals surface area contributed by atoms with Crippen LogP contribution in [0.2, 0.25) is 10.0 Å². The Morgan fingerprint density at radius 3 is 2.31 bits per heavy atom. The van der Waals surface area contributed by atoms with Crippen LogP contribution < -0.4 is 0 Å². The molecule has 5 rings (SSSR count). The Balaban J connectivity index is 1.62. The highest BCUT2D eigenvalue weighted by molar-refractivity contribution is 6.36. The zero-order valence-electron chi connectivity index (χ0n) is 20.1. The lowest BCUT2D eigenvalue weighted by molar-refractivity contribution is -0.137. The van der Waals surface area contributed by atoms with Gasteiger partial charge in [0.25, 0.3) is 0 Å². The van der Waals surface area contributed by atoms with Crippen LogP contribution >= 0.6 is 23.2 Å². The SMILES string of the molecule is O=C(O)c1ccc(-n2cc(-c3ccc(Cl)cc3Cl)nc2Cc2ccccc2-c2cccc(C(F)(F)F)c2)cc1. The summed E-state index contributed by atoms with van der Waals surface area (Å²) in [5, 5.41) is 10.2. The molecule has 0 amide bonds. The summed E-state index contributed by atoms with van der Waals surface area (Å²) in [4.78, 5) is 16.2. The number of carboxylic acids is 1. The predicted molar refractivity (Wildman–Crippen MR) is 146 cm³/mol. The molecule has 4 nitrogen and oxygen atoms in total. The van der Waals surface area contributed by atoms with Crippen LogP contribution in [0.3, 0.4) is 0 Å². The molecule has 5 aromatic rings. The molecule has 1 heterocycles. The van der Waals surface area contributed by atoms with Gasteiger partial charge >= 0.3 is 12.1 Å². The van der Waals surface area contributed by atoms with Crippen molar-refractivity contribution in [3.8, 4) is 28.1 Å². The molecule has 0 spiro atoms. The van der Waals surface area contributed by atoms with E-state index in [1.165, 1.54) is 18.2 Å². The summed E-state index contributed by atoms with van der Waals surface area (Å²) in [6.07, 6.45) is -2.40. The van der Waals surface area contributed by atoms with Crippen LogP contribution in [0, 0.1) is 0 Å². The Hall–Kier alpha value is -4.07. The van der Waals surface area contributed by atoms with Gasteiger partial charge in [-0.25, -0.2) is 9.78 Å². The Morgan fingerprint density at radius 1 is 0.872 bits per heavy atom. The van der Waals surface area contributed by atoms with Crippen molar-refractivity contribution < 1.29 is 23.1 Å². The number of nitrogens with zero attached hydrogens (tertiary/aromatic N) is 2. The van der Waals surface area contributed by atoms with E-state index in [2.05, 4.69) is 0 Å². The smallest absolute Gasteiger partial charge is 0.416 e. The van der Waals surface area contributed by atoms with Gasteiger partial charge in [0.05, 0.1) is 21.8 Å². The number of imidazole rings is 1. The summed E-state index contributed by atoms with van der Waals surface area (Å²) >= 11 is 12.5. The minimum Gasteiger partial charge on any atom is -0.478 e. The zero-order chi connectivity index (χ0) is 27.7. The number of benzene rings is 4. The van der Waals surface area contributed by atoms with Crippen molar-refractivity contribution in [3.63, 3.8) is 0 Å². The molecular weight excluding hydrogens is 548 g/mol.